The molecular weight excluding hydrogens is 254 g/mol. The van der Waals surface area contributed by atoms with Gasteiger partial charge in [0, 0.05) is 32.0 Å². The monoisotopic (exact) mass is 279 g/mol. The predicted molar refractivity (Wildman–Crippen MR) is 76.1 cm³/mol. The third kappa shape index (κ3) is 3.58. The maximum Gasteiger partial charge on any atom is 0.229 e. The van der Waals surface area contributed by atoms with Crippen molar-refractivity contribution in [3.05, 3.63) is 0 Å². The second-order valence-corrected chi connectivity index (χ2v) is 6.41. The second-order valence-electron chi connectivity index (χ2n) is 6.41. The molecule has 0 aromatic carbocycles. The SMILES string of the molecule is O=C1CCC(=O)N1CCN1CCC(NCC2CC2)CC1. The highest BCUT2D eigenvalue weighted by molar-refractivity contribution is 6.01. The second kappa shape index (κ2) is 6.22. The smallest absolute Gasteiger partial charge is 0.229 e. The Hall–Kier alpha value is -0.940. The minimum Gasteiger partial charge on any atom is -0.314 e. The number of rotatable bonds is 6. The Morgan fingerprint density at radius 3 is 2.20 bits per heavy atom. The van der Waals surface area contributed by atoms with Crippen LogP contribution in [-0.4, -0.2) is 60.4 Å². The highest BCUT2D eigenvalue weighted by Gasteiger charge is 2.29. The molecule has 0 bridgehead atoms. The van der Waals surface area contributed by atoms with Crippen LogP contribution in [0.4, 0.5) is 0 Å². The zero-order chi connectivity index (χ0) is 13.9. The average Bonchev–Trinajstić information content (AvgIpc) is 3.23. The molecule has 2 saturated heterocycles. The molecule has 1 saturated carbocycles. The number of likely N-dealkylation sites (tertiary alicyclic amines) is 2. The first-order chi connectivity index (χ1) is 9.72. The van der Waals surface area contributed by atoms with Crippen LogP contribution >= 0.6 is 0 Å². The summed E-state index contributed by atoms with van der Waals surface area (Å²) in [6.07, 6.45) is 6.01. The van der Waals surface area contributed by atoms with E-state index in [9.17, 15) is 9.59 Å². The lowest BCUT2D eigenvalue weighted by molar-refractivity contribution is -0.138. The Balaban J connectivity index is 1.33. The lowest BCUT2D eigenvalue weighted by Gasteiger charge is -2.33. The molecule has 112 valence electrons. The van der Waals surface area contributed by atoms with Gasteiger partial charge in [0.05, 0.1) is 0 Å². The fourth-order valence-corrected chi connectivity index (χ4v) is 3.13. The summed E-state index contributed by atoms with van der Waals surface area (Å²) in [6, 6.07) is 0.668. The van der Waals surface area contributed by atoms with Crippen LogP contribution in [0, 0.1) is 5.92 Å². The van der Waals surface area contributed by atoms with Crippen molar-refractivity contribution in [3.8, 4) is 0 Å². The number of imide groups is 1. The molecule has 2 aliphatic heterocycles. The van der Waals surface area contributed by atoms with Crippen LogP contribution in [0.25, 0.3) is 0 Å². The van der Waals surface area contributed by atoms with Crippen LogP contribution in [0.5, 0.6) is 0 Å². The average molecular weight is 279 g/mol. The van der Waals surface area contributed by atoms with E-state index in [2.05, 4.69) is 10.2 Å². The van der Waals surface area contributed by atoms with Crippen molar-refractivity contribution < 1.29 is 9.59 Å². The fraction of sp³-hybridized carbons (Fsp3) is 0.867. The largest absolute Gasteiger partial charge is 0.314 e. The van der Waals surface area contributed by atoms with Gasteiger partial charge in [0.2, 0.25) is 11.8 Å². The van der Waals surface area contributed by atoms with Gasteiger partial charge < -0.3 is 10.2 Å². The summed E-state index contributed by atoms with van der Waals surface area (Å²) >= 11 is 0. The molecule has 1 aliphatic carbocycles. The molecule has 2 amide bonds. The molecule has 5 nitrogen and oxygen atoms in total. The topological polar surface area (TPSA) is 52.7 Å². The highest BCUT2D eigenvalue weighted by Crippen LogP contribution is 2.28. The molecule has 5 heteroatoms. The molecule has 0 aromatic rings. The van der Waals surface area contributed by atoms with Crippen LogP contribution in [0.1, 0.15) is 38.5 Å². The Morgan fingerprint density at radius 2 is 1.60 bits per heavy atom. The summed E-state index contributed by atoms with van der Waals surface area (Å²) < 4.78 is 0. The van der Waals surface area contributed by atoms with Gasteiger partial charge >= 0.3 is 0 Å². The minimum atomic E-state index is 0.0102. The highest BCUT2D eigenvalue weighted by atomic mass is 16.2. The number of carbonyl (C=O) groups excluding carboxylic acids is 2. The Morgan fingerprint density at radius 1 is 0.950 bits per heavy atom. The zero-order valence-corrected chi connectivity index (χ0v) is 12.1. The number of hydrogen-bond acceptors (Lipinski definition) is 4. The molecule has 3 fully saturated rings. The molecule has 0 atom stereocenters. The van der Waals surface area contributed by atoms with E-state index in [1.54, 1.807) is 0 Å². The van der Waals surface area contributed by atoms with Crippen molar-refractivity contribution >= 4 is 11.8 Å². The van der Waals surface area contributed by atoms with Crippen LogP contribution in [-0.2, 0) is 9.59 Å². The number of piperidine rings is 1. The minimum absolute atomic E-state index is 0.0102. The standard InChI is InChI=1S/C15H25N3O2/c19-14-3-4-15(20)18(14)10-9-17-7-5-13(6-8-17)16-11-12-1-2-12/h12-13,16H,1-11H2. The first kappa shape index (κ1) is 14.0. The van der Waals surface area contributed by atoms with E-state index in [-0.39, 0.29) is 11.8 Å². The van der Waals surface area contributed by atoms with Gasteiger partial charge in [-0.05, 0) is 51.2 Å². The fourth-order valence-electron chi connectivity index (χ4n) is 3.13. The van der Waals surface area contributed by atoms with Crippen molar-refractivity contribution in [1.29, 1.82) is 0 Å². The molecule has 0 unspecified atom stereocenters. The van der Waals surface area contributed by atoms with Crippen molar-refractivity contribution in [2.24, 2.45) is 5.92 Å². The lowest BCUT2D eigenvalue weighted by atomic mass is 10.0. The first-order valence-corrected chi connectivity index (χ1v) is 8.01. The van der Waals surface area contributed by atoms with Gasteiger partial charge in [-0.15, -0.1) is 0 Å². The number of amides is 2. The predicted octanol–water partition coefficient (Wildman–Crippen LogP) is 0.599. The van der Waals surface area contributed by atoms with Gasteiger partial charge in [-0.25, -0.2) is 0 Å². The molecular formula is C15H25N3O2. The summed E-state index contributed by atoms with van der Waals surface area (Å²) in [5, 5.41) is 3.67. The summed E-state index contributed by atoms with van der Waals surface area (Å²) in [6.45, 7) is 4.78. The molecule has 1 N–H and O–H groups in total. The molecule has 0 spiro atoms. The Labute approximate surface area is 120 Å². The summed E-state index contributed by atoms with van der Waals surface area (Å²) in [7, 11) is 0. The first-order valence-electron chi connectivity index (χ1n) is 8.01. The molecule has 0 aromatic heterocycles. The van der Waals surface area contributed by atoms with Gasteiger partial charge in [0.25, 0.3) is 0 Å². The van der Waals surface area contributed by atoms with E-state index in [1.165, 1.54) is 37.1 Å². The van der Waals surface area contributed by atoms with E-state index in [0.29, 0.717) is 25.4 Å². The summed E-state index contributed by atoms with van der Waals surface area (Å²) in [5.74, 6) is 0.965. The van der Waals surface area contributed by atoms with Gasteiger partial charge in [-0.1, -0.05) is 0 Å². The molecule has 3 rings (SSSR count). The lowest BCUT2D eigenvalue weighted by Crippen LogP contribution is -2.46. The van der Waals surface area contributed by atoms with Crippen molar-refractivity contribution in [2.45, 2.75) is 44.6 Å². The van der Waals surface area contributed by atoms with Crippen LogP contribution in [0.15, 0.2) is 0 Å². The number of hydrogen-bond donors (Lipinski definition) is 1. The molecule has 0 radical (unpaired) electrons. The summed E-state index contributed by atoms with van der Waals surface area (Å²) in [4.78, 5) is 26.9. The van der Waals surface area contributed by atoms with Crippen molar-refractivity contribution in [1.82, 2.24) is 15.1 Å². The van der Waals surface area contributed by atoms with E-state index in [4.69, 9.17) is 0 Å². The maximum absolute atomic E-state index is 11.5. The van der Waals surface area contributed by atoms with Crippen LogP contribution < -0.4 is 5.32 Å². The van der Waals surface area contributed by atoms with Crippen molar-refractivity contribution in [3.63, 3.8) is 0 Å². The summed E-state index contributed by atoms with van der Waals surface area (Å²) in [5.41, 5.74) is 0. The van der Waals surface area contributed by atoms with Gasteiger partial charge in [-0.2, -0.15) is 0 Å². The van der Waals surface area contributed by atoms with Crippen LogP contribution in [0.3, 0.4) is 0 Å². The van der Waals surface area contributed by atoms with Gasteiger partial charge in [0.15, 0.2) is 0 Å². The maximum atomic E-state index is 11.5. The molecule has 2 heterocycles. The molecule has 20 heavy (non-hydrogen) atoms. The quantitative estimate of drug-likeness (QED) is 0.724. The van der Waals surface area contributed by atoms with E-state index < -0.39 is 0 Å². The Bertz CT molecular complexity index is 357. The van der Waals surface area contributed by atoms with E-state index in [0.717, 1.165) is 25.6 Å². The third-order valence-corrected chi connectivity index (χ3v) is 4.77. The Kier molecular flexibility index (Phi) is 4.36. The number of carbonyl (C=O) groups is 2. The third-order valence-electron chi connectivity index (χ3n) is 4.77. The molecule has 3 aliphatic rings. The van der Waals surface area contributed by atoms with E-state index >= 15 is 0 Å². The number of nitrogens with zero attached hydrogens (tertiary/aromatic N) is 2. The van der Waals surface area contributed by atoms with Gasteiger partial charge in [-0.3, -0.25) is 14.5 Å². The van der Waals surface area contributed by atoms with Gasteiger partial charge in [0.1, 0.15) is 0 Å². The van der Waals surface area contributed by atoms with Crippen LogP contribution in [0.2, 0.25) is 0 Å². The normalized spacial score (nSPS) is 25.7. The zero-order valence-electron chi connectivity index (χ0n) is 12.1. The van der Waals surface area contributed by atoms with E-state index in [1.807, 2.05) is 0 Å². The number of nitrogens with one attached hydrogen (secondary N) is 1. The van der Waals surface area contributed by atoms with Crippen molar-refractivity contribution in [2.75, 3.05) is 32.7 Å².